The van der Waals surface area contributed by atoms with E-state index in [1.807, 2.05) is 0 Å². The average molecular weight is 391 g/mol. The molecule has 0 unspecified atom stereocenters. The smallest absolute Gasteiger partial charge is 0.175 e. The molecular weight excluding hydrogens is 356 g/mol. The molecule has 8 atom stereocenters. The Hall–Kier alpha value is -0.780. The van der Waals surface area contributed by atoms with Crippen molar-refractivity contribution < 1.29 is 24.2 Å². The minimum absolute atomic E-state index is 0.00119. The summed E-state index contributed by atoms with van der Waals surface area (Å²) in [5, 5.41) is 11.4. The Labute approximate surface area is 167 Å². The predicted octanol–water partition coefficient (Wildman–Crippen LogP) is 3.13. The van der Waals surface area contributed by atoms with Gasteiger partial charge in [-0.2, -0.15) is 0 Å². The number of carbonyl (C=O) groups excluding carboxylic acids is 2. The number of rotatable bonds is 1. The topological polar surface area (TPSA) is 72.8 Å². The second-order valence-electron chi connectivity index (χ2n) is 10.8. The minimum atomic E-state index is -0.713. The number of aliphatic hydroxyl groups is 1. The second kappa shape index (κ2) is 6.12. The molecule has 0 aromatic carbocycles. The van der Waals surface area contributed by atoms with Gasteiger partial charge >= 0.3 is 0 Å². The van der Waals surface area contributed by atoms with Gasteiger partial charge in [0.25, 0.3) is 0 Å². The molecule has 156 valence electrons. The fourth-order valence-corrected chi connectivity index (χ4v) is 8.56. The fraction of sp³-hybridized carbons (Fsp3) is 0.913. The van der Waals surface area contributed by atoms with E-state index in [9.17, 15) is 14.7 Å². The first kappa shape index (κ1) is 19.2. The highest BCUT2D eigenvalue weighted by atomic mass is 16.7. The van der Waals surface area contributed by atoms with Crippen LogP contribution in [0, 0.1) is 40.4 Å². The molecule has 0 radical (unpaired) electrons. The van der Waals surface area contributed by atoms with Gasteiger partial charge in [0.2, 0.25) is 0 Å². The van der Waals surface area contributed by atoms with Gasteiger partial charge in [-0.25, -0.2) is 0 Å². The summed E-state index contributed by atoms with van der Waals surface area (Å²) in [4.78, 5) is 25.8. The molecule has 1 saturated heterocycles. The number of hydrogen-bond donors (Lipinski definition) is 1. The molecule has 1 aliphatic heterocycles. The molecule has 0 bridgehead atoms. The summed E-state index contributed by atoms with van der Waals surface area (Å²) >= 11 is 0. The lowest BCUT2D eigenvalue weighted by Crippen LogP contribution is -2.64. The zero-order chi connectivity index (χ0) is 19.9. The van der Waals surface area contributed by atoms with Crippen LogP contribution in [0.5, 0.6) is 0 Å². The zero-order valence-electron chi connectivity index (χ0n) is 17.4. The third-order valence-electron chi connectivity index (χ3n) is 9.73. The monoisotopic (exact) mass is 390 g/mol. The van der Waals surface area contributed by atoms with Crippen molar-refractivity contribution in [1.29, 1.82) is 0 Å². The number of fused-ring (bicyclic) bond motifs is 5. The molecule has 1 spiro atoms. The van der Waals surface area contributed by atoms with Crippen LogP contribution in [0.15, 0.2) is 0 Å². The van der Waals surface area contributed by atoms with Crippen molar-refractivity contribution in [1.82, 2.24) is 0 Å². The Morgan fingerprint density at radius 2 is 1.79 bits per heavy atom. The van der Waals surface area contributed by atoms with Crippen LogP contribution in [0.25, 0.3) is 0 Å². The van der Waals surface area contributed by atoms with Crippen molar-refractivity contribution in [3.63, 3.8) is 0 Å². The van der Waals surface area contributed by atoms with Crippen molar-refractivity contribution in [2.75, 3.05) is 13.2 Å². The minimum Gasteiger partial charge on any atom is -0.393 e. The van der Waals surface area contributed by atoms with E-state index < -0.39 is 17.3 Å². The maximum atomic E-state index is 13.5. The van der Waals surface area contributed by atoms with Gasteiger partial charge in [0.1, 0.15) is 11.6 Å². The largest absolute Gasteiger partial charge is 0.393 e. The van der Waals surface area contributed by atoms with Crippen LogP contribution in [-0.4, -0.2) is 41.8 Å². The van der Waals surface area contributed by atoms with Crippen LogP contribution in [0.2, 0.25) is 0 Å². The van der Waals surface area contributed by atoms with Crippen molar-refractivity contribution in [3.8, 4) is 0 Å². The van der Waals surface area contributed by atoms with E-state index in [1.165, 1.54) is 0 Å². The maximum absolute atomic E-state index is 13.5. The summed E-state index contributed by atoms with van der Waals surface area (Å²) in [6.07, 6.45) is 5.24. The van der Waals surface area contributed by atoms with E-state index in [4.69, 9.17) is 9.47 Å². The van der Waals surface area contributed by atoms with Gasteiger partial charge in [0.15, 0.2) is 5.79 Å². The first-order valence-corrected chi connectivity index (χ1v) is 11.2. The van der Waals surface area contributed by atoms with Gasteiger partial charge in [0, 0.05) is 23.7 Å². The Morgan fingerprint density at radius 1 is 1.07 bits per heavy atom. The lowest BCUT2D eigenvalue weighted by molar-refractivity contribution is -0.231. The number of Topliss-reactive ketones (excluding diaryl/α,β-unsaturated/α-hetero) is 2. The lowest BCUT2D eigenvalue weighted by Gasteiger charge is -2.62. The SMILES string of the molecule is CC(=O)[C@H]1CC[C@H]2[C@@H]3CC[C@H]4CC5(CC(=O)[C@]4(C)[C@H]3[C@H](O)C[C@]12C)OCCO5. The van der Waals surface area contributed by atoms with Gasteiger partial charge in [-0.3, -0.25) is 9.59 Å². The number of aliphatic hydroxyl groups excluding tert-OH is 1. The molecule has 0 amide bonds. The van der Waals surface area contributed by atoms with Crippen molar-refractivity contribution >= 4 is 11.6 Å². The summed E-state index contributed by atoms with van der Waals surface area (Å²) in [6.45, 7) is 7.18. The summed E-state index contributed by atoms with van der Waals surface area (Å²) in [7, 11) is 0. The zero-order valence-corrected chi connectivity index (χ0v) is 17.4. The maximum Gasteiger partial charge on any atom is 0.175 e. The molecular formula is C23H34O5. The molecule has 0 aromatic heterocycles. The number of ketones is 2. The molecule has 5 rings (SSSR count). The standard InChI is InChI=1S/C23H34O5/c1-13(24)16-6-7-17-15-5-4-14-10-23(27-8-9-28-23)12-19(26)22(14,3)20(15)18(25)11-21(16,17)2/h14-18,20,25H,4-12H2,1-3H3/t14-,15-,16+,17-,18+,20+,21+,22+/m0/s1. The van der Waals surface area contributed by atoms with Crippen molar-refractivity contribution in [3.05, 3.63) is 0 Å². The molecule has 1 N–H and O–H groups in total. The van der Waals surface area contributed by atoms with E-state index in [0.29, 0.717) is 37.9 Å². The summed E-state index contributed by atoms with van der Waals surface area (Å²) in [6, 6.07) is 0. The molecule has 5 nitrogen and oxygen atoms in total. The molecule has 5 aliphatic rings. The van der Waals surface area contributed by atoms with Crippen molar-refractivity contribution in [2.45, 2.75) is 77.6 Å². The highest BCUT2D eigenvalue weighted by molar-refractivity contribution is 5.87. The van der Waals surface area contributed by atoms with Crippen LogP contribution in [0.1, 0.15) is 65.7 Å². The van der Waals surface area contributed by atoms with E-state index in [2.05, 4.69) is 13.8 Å². The molecule has 5 heteroatoms. The van der Waals surface area contributed by atoms with Gasteiger partial charge < -0.3 is 14.6 Å². The fourth-order valence-electron chi connectivity index (χ4n) is 8.56. The number of hydrogen-bond acceptors (Lipinski definition) is 5. The van der Waals surface area contributed by atoms with E-state index in [0.717, 1.165) is 32.1 Å². The van der Waals surface area contributed by atoms with E-state index >= 15 is 0 Å². The average Bonchev–Trinajstić information content (AvgIpc) is 3.20. The highest BCUT2D eigenvalue weighted by Crippen LogP contribution is 2.67. The highest BCUT2D eigenvalue weighted by Gasteiger charge is 2.67. The summed E-state index contributed by atoms with van der Waals surface area (Å²) in [5.74, 6) is 0.807. The third-order valence-corrected chi connectivity index (χ3v) is 9.73. The molecule has 0 aromatic rings. The predicted molar refractivity (Wildman–Crippen MR) is 102 cm³/mol. The summed E-state index contributed by atoms with van der Waals surface area (Å²) in [5.41, 5.74) is -0.620. The van der Waals surface area contributed by atoms with Crippen LogP contribution < -0.4 is 0 Å². The summed E-state index contributed by atoms with van der Waals surface area (Å²) < 4.78 is 11.8. The van der Waals surface area contributed by atoms with E-state index in [1.54, 1.807) is 6.92 Å². The molecule has 4 saturated carbocycles. The van der Waals surface area contributed by atoms with Crippen LogP contribution >= 0.6 is 0 Å². The molecule has 28 heavy (non-hydrogen) atoms. The first-order valence-electron chi connectivity index (χ1n) is 11.2. The third kappa shape index (κ3) is 2.36. The van der Waals surface area contributed by atoms with Crippen molar-refractivity contribution in [2.24, 2.45) is 40.4 Å². The van der Waals surface area contributed by atoms with Crippen LogP contribution in [-0.2, 0) is 19.1 Å². The van der Waals surface area contributed by atoms with Gasteiger partial charge in [-0.1, -0.05) is 13.8 Å². The Morgan fingerprint density at radius 3 is 2.46 bits per heavy atom. The number of carbonyl (C=O) groups is 2. The Kier molecular flexibility index (Phi) is 4.19. The normalized spacial score (nSPS) is 52.2. The van der Waals surface area contributed by atoms with Crippen LogP contribution in [0.3, 0.4) is 0 Å². The second-order valence-corrected chi connectivity index (χ2v) is 10.8. The molecule has 1 heterocycles. The van der Waals surface area contributed by atoms with E-state index in [-0.39, 0.29) is 34.7 Å². The Balaban J connectivity index is 1.49. The van der Waals surface area contributed by atoms with Crippen LogP contribution in [0.4, 0.5) is 0 Å². The quantitative estimate of drug-likeness (QED) is 0.745. The molecule has 4 aliphatic carbocycles. The number of ether oxygens (including phenoxy) is 2. The first-order chi connectivity index (χ1) is 13.2. The van der Waals surface area contributed by atoms with Gasteiger partial charge in [0.05, 0.1) is 25.7 Å². The lowest BCUT2D eigenvalue weighted by atomic mass is 9.43. The van der Waals surface area contributed by atoms with Gasteiger partial charge in [-0.15, -0.1) is 0 Å². The molecule has 5 fully saturated rings. The van der Waals surface area contributed by atoms with Gasteiger partial charge in [-0.05, 0) is 62.2 Å². The Bertz CT molecular complexity index is 697.